The zero-order valence-corrected chi connectivity index (χ0v) is 18.4. The molecule has 2 aromatic carbocycles. The Labute approximate surface area is 182 Å². The van der Waals surface area contributed by atoms with Crippen LogP contribution in [0.2, 0.25) is 0 Å². The van der Waals surface area contributed by atoms with Gasteiger partial charge in [0, 0.05) is 18.8 Å². The summed E-state index contributed by atoms with van der Waals surface area (Å²) in [5.41, 5.74) is 2.97. The molecule has 1 N–H and O–H groups in total. The zero-order valence-electron chi connectivity index (χ0n) is 18.4. The summed E-state index contributed by atoms with van der Waals surface area (Å²) in [6.07, 6.45) is 1.55. The summed E-state index contributed by atoms with van der Waals surface area (Å²) in [6, 6.07) is 15.2. The van der Waals surface area contributed by atoms with Gasteiger partial charge in [-0.2, -0.15) is 5.10 Å². The predicted octanol–water partition coefficient (Wildman–Crippen LogP) is 4.34. The van der Waals surface area contributed by atoms with Gasteiger partial charge in [0.1, 0.15) is 12.4 Å². The van der Waals surface area contributed by atoms with E-state index in [-0.39, 0.29) is 17.0 Å². The van der Waals surface area contributed by atoms with E-state index in [1.54, 1.807) is 31.4 Å². The Bertz CT molecular complexity index is 1080. The number of anilines is 1. The molecule has 0 aliphatic rings. The maximum absolute atomic E-state index is 12.7. The molecule has 0 atom stereocenters. The number of hydrogen-bond acceptors (Lipinski definition) is 5. The van der Waals surface area contributed by atoms with E-state index in [0.717, 1.165) is 11.3 Å². The molecule has 0 saturated carbocycles. The summed E-state index contributed by atoms with van der Waals surface area (Å²) in [4.78, 5) is 24.6. The highest BCUT2D eigenvalue weighted by Gasteiger charge is 2.19. The number of hydrogen-bond donors (Lipinski definition) is 1. The molecule has 0 radical (unpaired) electrons. The number of nitrogens with one attached hydrogen (secondary N) is 1. The lowest BCUT2D eigenvalue weighted by atomic mass is 9.87. The van der Waals surface area contributed by atoms with Gasteiger partial charge in [0.2, 0.25) is 0 Å². The number of carbonyl (C=O) groups excluding carboxylic acids is 2. The van der Waals surface area contributed by atoms with Crippen molar-refractivity contribution in [2.75, 3.05) is 12.4 Å². The van der Waals surface area contributed by atoms with Gasteiger partial charge in [-0.3, -0.25) is 9.48 Å². The molecule has 1 amide bonds. The number of aryl methyl sites for hydroxylation is 1. The number of rotatable bonds is 6. The molecule has 3 rings (SSSR count). The van der Waals surface area contributed by atoms with E-state index in [4.69, 9.17) is 9.47 Å². The van der Waals surface area contributed by atoms with E-state index in [0.29, 0.717) is 17.9 Å². The zero-order chi connectivity index (χ0) is 22.6. The number of ether oxygens (including phenoxy) is 2. The highest BCUT2D eigenvalue weighted by Crippen LogP contribution is 2.24. The maximum atomic E-state index is 12.7. The molecule has 7 nitrogen and oxygen atoms in total. The van der Waals surface area contributed by atoms with Crippen molar-refractivity contribution in [3.63, 3.8) is 0 Å². The van der Waals surface area contributed by atoms with Gasteiger partial charge in [0.05, 0.1) is 12.8 Å². The van der Waals surface area contributed by atoms with Gasteiger partial charge >= 0.3 is 5.97 Å². The van der Waals surface area contributed by atoms with Crippen LogP contribution < -0.4 is 10.1 Å². The molecule has 1 heterocycles. The summed E-state index contributed by atoms with van der Waals surface area (Å²) in [7, 11) is 2.93. The average molecular weight is 421 g/mol. The second-order valence-corrected chi connectivity index (χ2v) is 8.27. The first-order valence-electron chi connectivity index (χ1n) is 9.93. The second kappa shape index (κ2) is 9.04. The SMILES string of the molecule is COC(=O)c1nn(C)cc1NC(=O)c1cccc(COc2ccc(C(C)(C)C)cc2)c1. The number of carbonyl (C=O) groups is 2. The summed E-state index contributed by atoms with van der Waals surface area (Å²) in [5, 5.41) is 6.76. The van der Waals surface area contributed by atoms with Crippen LogP contribution in [0.15, 0.2) is 54.7 Å². The van der Waals surface area contributed by atoms with E-state index >= 15 is 0 Å². The molecule has 3 aromatic rings. The topological polar surface area (TPSA) is 82.5 Å². The molecule has 0 fully saturated rings. The van der Waals surface area contributed by atoms with E-state index < -0.39 is 5.97 Å². The van der Waals surface area contributed by atoms with E-state index in [1.807, 2.05) is 18.2 Å². The van der Waals surface area contributed by atoms with Crippen LogP contribution >= 0.6 is 0 Å². The van der Waals surface area contributed by atoms with Gasteiger partial charge in [0.25, 0.3) is 5.91 Å². The highest BCUT2D eigenvalue weighted by atomic mass is 16.5. The third-order valence-corrected chi connectivity index (χ3v) is 4.77. The van der Waals surface area contributed by atoms with Crippen molar-refractivity contribution >= 4 is 17.6 Å². The van der Waals surface area contributed by atoms with Crippen LogP contribution in [0.4, 0.5) is 5.69 Å². The number of nitrogens with zero attached hydrogens (tertiary/aromatic N) is 2. The third kappa shape index (κ3) is 5.51. The van der Waals surface area contributed by atoms with Gasteiger partial charge in [-0.25, -0.2) is 4.79 Å². The van der Waals surface area contributed by atoms with Gasteiger partial charge in [-0.05, 0) is 40.8 Å². The van der Waals surface area contributed by atoms with Crippen molar-refractivity contribution in [2.24, 2.45) is 7.05 Å². The van der Waals surface area contributed by atoms with Crippen molar-refractivity contribution in [2.45, 2.75) is 32.8 Å². The van der Waals surface area contributed by atoms with Crippen molar-refractivity contribution < 1.29 is 19.1 Å². The predicted molar refractivity (Wildman–Crippen MR) is 118 cm³/mol. The fraction of sp³-hybridized carbons (Fsp3) is 0.292. The molecule has 0 bridgehead atoms. The molecule has 7 heteroatoms. The van der Waals surface area contributed by atoms with Crippen LogP contribution in [0.3, 0.4) is 0 Å². The van der Waals surface area contributed by atoms with Crippen LogP contribution in [-0.4, -0.2) is 28.8 Å². The first-order valence-corrected chi connectivity index (χ1v) is 9.93. The average Bonchev–Trinajstić information content (AvgIpc) is 3.11. The fourth-order valence-corrected chi connectivity index (χ4v) is 3.04. The Morgan fingerprint density at radius 1 is 1.10 bits per heavy atom. The number of amides is 1. The van der Waals surface area contributed by atoms with Gasteiger partial charge in [-0.15, -0.1) is 0 Å². The largest absolute Gasteiger partial charge is 0.489 e. The summed E-state index contributed by atoms with van der Waals surface area (Å²) in [6.45, 7) is 6.83. The van der Waals surface area contributed by atoms with Gasteiger partial charge in [-0.1, -0.05) is 45.0 Å². The first kappa shape index (κ1) is 22.1. The molecule has 162 valence electrons. The molecule has 1 aromatic heterocycles. The molecule has 0 aliphatic heterocycles. The third-order valence-electron chi connectivity index (χ3n) is 4.77. The number of methoxy groups -OCH3 is 1. The standard InChI is InChI=1S/C24H27N3O4/c1-24(2,3)18-9-11-19(12-10-18)31-15-16-7-6-8-17(13-16)22(28)25-20-14-27(4)26-21(20)23(29)30-5/h6-14H,15H2,1-5H3,(H,25,28). The Balaban J connectivity index is 1.68. The lowest BCUT2D eigenvalue weighted by Gasteiger charge is -2.19. The van der Waals surface area contributed by atoms with Gasteiger partial charge < -0.3 is 14.8 Å². The van der Waals surface area contributed by atoms with Crippen LogP contribution in [0.25, 0.3) is 0 Å². The van der Waals surface area contributed by atoms with Gasteiger partial charge in [0.15, 0.2) is 5.69 Å². The minimum absolute atomic E-state index is 0.0524. The van der Waals surface area contributed by atoms with Crippen LogP contribution in [0.5, 0.6) is 5.75 Å². The highest BCUT2D eigenvalue weighted by molar-refractivity contribution is 6.07. The second-order valence-electron chi connectivity index (χ2n) is 8.27. The molecule has 31 heavy (non-hydrogen) atoms. The quantitative estimate of drug-likeness (QED) is 0.599. The Hall–Kier alpha value is -3.61. The van der Waals surface area contributed by atoms with Crippen LogP contribution in [0.1, 0.15) is 52.7 Å². The molecule has 0 unspecified atom stereocenters. The maximum Gasteiger partial charge on any atom is 0.360 e. The Kier molecular flexibility index (Phi) is 6.44. The van der Waals surface area contributed by atoms with E-state index in [1.165, 1.54) is 17.4 Å². The Morgan fingerprint density at radius 3 is 2.45 bits per heavy atom. The van der Waals surface area contributed by atoms with Crippen molar-refractivity contribution in [3.8, 4) is 5.75 Å². The summed E-state index contributed by atoms with van der Waals surface area (Å²) >= 11 is 0. The monoisotopic (exact) mass is 421 g/mol. The number of aromatic nitrogens is 2. The summed E-state index contributed by atoms with van der Waals surface area (Å²) < 4.78 is 12.0. The smallest absolute Gasteiger partial charge is 0.360 e. The molecular formula is C24H27N3O4. The summed E-state index contributed by atoms with van der Waals surface area (Å²) in [5.74, 6) is -0.203. The lowest BCUT2D eigenvalue weighted by molar-refractivity contribution is 0.0594. The normalized spacial score (nSPS) is 11.1. The molecule has 0 spiro atoms. The van der Waals surface area contributed by atoms with Crippen LogP contribution in [0, 0.1) is 0 Å². The minimum Gasteiger partial charge on any atom is -0.489 e. The fourth-order valence-electron chi connectivity index (χ4n) is 3.04. The van der Waals surface area contributed by atoms with Crippen molar-refractivity contribution in [1.82, 2.24) is 9.78 Å². The van der Waals surface area contributed by atoms with E-state index in [9.17, 15) is 9.59 Å². The lowest BCUT2D eigenvalue weighted by Crippen LogP contribution is -2.15. The Morgan fingerprint density at radius 2 is 1.81 bits per heavy atom. The van der Waals surface area contributed by atoms with Crippen molar-refractivity contribution in [1.29, 1.82) is 0 Å². The molecular weight excluding hydrogens is 394 g/mol. The van der Waals surface area contributed by atoms with E-state index in [2.05, 4.69) is 43.3 Å². The first-order chi connectivity index (χ1) is 14.7. The van der Waals surface area contributed by atoms with Crippen LogP contribution in [-0.2, 0) is 23.8 Å². The van der Waals surface area contributed by atoms with Crippen molar-refractivity contribution in [3.05, 3.63) is 77.1 Å². The number of esters is 1. The minimum atomic E-state index is -0.615. The molecule has 0 aliphatic carbocycles. The molecule has 0 saturated heterocycles. The number of benzene rings is 2.